The minimum absolute atomic E-state index is 0.0413. The Labute approximate surface area is 425 Å². The Balaban J connectivity index is 3.84. The zero-order valence-corrected chi connectivity index (χ0v) is 47.6. The van der Waals surface area contributed by atoms with Gasteiger partial charge in [0, 0.05) is 0 Å². The molecule has 1 aromatic rings. The molecule has 0 radical (unpaired) electrons. The molecule has 0 unspecified atom stereocenters. The average molecular weight is 960 g/mol. The van der Waals surface area contributed by atoms with Crippen LogP contribution in [0.1, 0.15) is 327 Å². The van der Waals surface area contributed by atoms with Crippen molar-refractivity contribution < 1.29 is 28.4 Å². The van der Waals surface area contributed by atoms with Gasteiger partial charge in [0.05, 0.1) is 37.1 Å². The third kappa shape index (κ3) is 32.1. The van der Waals surface area contributed by atoms with Gasteiger partial charge in [-0.1, -0.05) is 221 Å². The number of ether oxygens (including phenoxy) is 6. The Hall–Kier alpha value is -1.98. The van der Waals surface area contributed by atoms with E-state index in [1.54, 1.807) is 0 Å². The summed E-state index contributed by atoms with van der Waals surface area (Å²) in [6.07, 6.45) is 47.1. The van der Waals surface area contributed by atoms with Crippen molar-refractivity contribution in [2.24, 2.45) is 0 Å². The fourth-order valence-electron chi connectivity index (χ4n) is 9.35. The fourth-order valence-corrected chi connectivity index (χ4v) is 9.35. The first-order valence-electron chi connectivity index (χ1n) is 30.4. The Kier molecular flexibility index (Phi) is 42.3. The maximum absolute atomic E-state index is 7.24. The molecule has 5 atom stereocenters. The summed E-state index contributed by atoms with van der Waals surface area (Å²) < 4.78 is 43.3. The molecule has 0 aromatic heterocycles. The molecule has 0 amide bonds. The molecule has 6 nitrogen and oxygen atoms in total. The van der Waals surface area contributed by atoms with Gasteiger partial charge in [0.15, 0.2) is 0 Å². The SMILES string of the molecule is CCCCCCCCCCCCCCCCOc1c(O[C@@H](C)CCCCCC)c(O[C@@H](C)CCCCCC)c(O[C@@H](C)CCCCCC)c(O[C@@H](C)CCCCCC)c1O[C@@H](C)CCCCCC. The summed E-state index contributed by atoms with van der Waals surface area (Å²) in [5.74, 6) is 3.84. The summed E-state index contributed by atoms with van der Waals surface area (Å²) >= 11 is 0. The van der Waals surface area contributed by atoms with Crippen LogP contribution in [-0.2, 0) is 0 Å². The molecule has 1 aromatic carbocycles. The molecule has 0 saturated carbocycles. The first kappa shape index (κ1) is 64.0. The van der Waals surface area contributed by atoms with Crippen molar-refractivity contribution in [3.8, 4) is 34.5 Å². The fraction of sp³-hybridized carbons (Fsp3) is 0.903. The van der Waals surface area contributed by atoms with Gasteiger partial charge < -0.3 is 28.4 Å². The maximum Gasteiger partial charge on any atom is 0.212 e. The molecule has 0 aliphatic carbocycles. The van der Waals surface area contributed by atoms with Gasteiger partial charge in [-0.3, -0.25) is 0 Å². The van der Waals surface area contributed by atoms with Crippen LogP contribution in [0.25, 0.3) is 0 Å². The second kappa shape index (κ2) is 44.9. The molecule has 0 spiro atoms. The lowest BCUT2D eigenvalue weighted by atomic mass is 10.0. The van der Waals surface area contributed by atoms with Crippen molar-refractivity contribution >= 4 is 0 Å². The summed E-state index contributed by atoms with van der Waals surface area (Å²) in [6.45, 7) is 25.4. The number of rotatable bonds is 51. The highest BCUT2D eigenvalue weighted by atomic mass is 16.6. The number of unbranched alkanes of at least 4 members (excludes halogenated alkanes) is 28. The Morgan fingerprint density at radius 2 is 0.397 bits per heavy atom. The monoisotopic (exact) mass is 959 g/mol. The largest absolute Gasteiger partial charge is 0.486 e. The minimum Gasteiger partial charge on any atom is -0.486 e. The lowest BCUT2D eigenvalue weighted by molar-refractivity contribution is 0.117. The van der Waals surface area contributed by atoms with E-state index in [1.165, 1.54) is 173 Å². The van der Waals surface area contributed by atoms with Gasteiger partial charge in [0.2, 0.25) is 34.5 Å². The van der Waals surface area contributed by atoms with Crippen molar-refractivity contribution in [1.82, 2.24) is 0 Å². The van der Waals surface area contributed by atoms with Crippen molar-refractivity contribution in [3.63, 3.8) is 0 Å². The predicted molar refractivity (Wildman–Crippen MR) is 296 cm³/mol. The van der Waals surface area contributed by atoms with E-state index in [0.717, 1.165) is 77.0 Å². The topological polar surface area (TPSA) is 55.4 Å². The number of hydrogen-bond donors (Lipinski definition) is 0. The van der Waals surface area contributed by atoms with Crippen molar-refractivity contribution in [2.75, 3.05) is 6.61 Å². The third-order valence-corrected chi connectivity index (χ3v) is 13.9. The lowest BCUT2D eigenvalue weighted by Crippen LogP contribution is -2.22. The van der Waals surface area contributed by atoms with Gasteiger partial charge >= 0.3 is 0 Å². The van der Waals surface area contributed by atoms with E-state index < -0.39 is 0 Å². The molecule has 0 heterocycles. The molecule has 0 aliphatic rings. The smallest absolute Gasteiger partial charge is 0.212 e. The molecular formula is C62H118O6. The Bertz CT molecular complexity index is 1190. The molecule has 1 rings (SSSR count). The Morgan fingerprint density at radius 1 is 0.221 bits per heavy atom. The minimum atomic E-state index is -0.0442. The lowest BCUT2D eigenvalue weighted by Gasteiger charge is -2.31. The predicted octanol–water partition coefficient (Wildman–Crippen LogP) is 21.2. The standard InChI is InChI=1S/C62H118O6/c1-12-18-24-30-31-32-33-34-35-36-37-38-39-45-51-63-57-58(64-52(7)46-40-25-19-13-2)60(66-54(9)48-42-27-21-15-4)62(68-56(11)50-44-29-23-17-6)61(67-55(10)49-43-28-22-16-5)59(57)65-53(8)47-41-26-20-14-3/h52-56H,12-51H2,1-11H3/t52-,53-,54-,55-,56-/m0/s1. The summed E-state index contributed by atoms with van der Waals surface area (Å²) in [7, 11) is 0. The summed E-state index contributed by atoms with van der Waals surface area (Å²) in [4.78, 5) is 0. The summed E-state index contributed by atoms with van der Waals surface area (Å²) in [5, 5.41) is 0. The first-order valence-corrected chi connectivity index (χ1v) is 30.4. The summed E-state index contributed by atoms with van der Waals surface area (Å²) in [5.41, 5.74) is 0. The third-order valence-electron chi connectivity index (χ3n) is 13.9. The van der Waals surface area contributed by atoms with Crippen LogP contribution in [0, 0.1) is 0 Å². The van der Waals surface area contributed by atoms with E-state index in [4.69, 9.17) is 28.4 Å². The van der Waals surface area contributed by atoms with Crippen molar-refractivity contribution in [3.05, 3.63) is 0 Å². The molecule has 0 fully saturated rings. The molecule has 6 heteroatoms. The van der Waals surface area contributed by atoms with Gasteiger partial charge in [-0.15, -0.1) is 0 Å². The van der Waals surface area contributed by atoms with E-state index in [9.17, 15) is 0 Å². The van der Waals surface area contributed by atoms with E-state index in [-0.39, 0.29) is 30.5 Å². The summed E-state index contributed by atoms with van der Waals surface area (Å²) in [6, 6.07) is 0. The van der Waals surface area contributed by atoms with Crippen LogP contribution in [0.2, 0.25) is 0 Å². The van der Waals surface area contributed by atoms with E-state index >= 15 is 0 Å². The number of hydrogen-bond acceptors (Lipinski definition) is 6. The zero-order valence-electron chi connectivity index (χ0n) is 47.6. The quantitative estimate of drug-likeness (QED) is 0.0607. The van der Waals surface area contributed by atoms with Crippen molar-refractivity contribution in [1.29, 1.82) is 0 Å². The van der Waals surface area contributed by atoms with E-state index in [0.29, 0.717) is 41.1 Å². The van der Waals surface area contributed by atoms with E-state index in [1.807, 2.05) is 0 Å². The van der Waals surface area contributed by atoms with Crippen LogP contribution in [0.4, 0.5) is 0 Å². The highest BCUT2D eigenvalue weighted by molar-refractivity contribution is 5.74. The van der Waals surface area contributed by atoms with Gasteiger partial charge in [0.1, 0.15) is 0 Å². The molecule has 0 saturated heterocycles. The molecule has 0 N–H and O–H groups in total. The van der Waals surface area contributed by atoms with E-state index in [2.05, 4.69) is 76.2 Å². The van der Waals surface area contributed by atoms with Gasteiger partial charge in [0.25, 0.3) is 0 Å². The van der Waals surface area contributed by atoms with Crippen molar-refractivity contribution in [2.45, 2.75) is 357 Å². The first-order chi connectivity index (χ1) is 33.2. The molecule has 68 heavy (non-hydrogen) atoms. The number of benzene rings is 1. The van der Waals surface area contributed by atoms with Crippen LogP contribution in [-0.4, -0.2) is 37.1 Å². The van der Waals surface area contributed by atoms with Crippen LogP contribution in [0.5, 0.6) is 34.5 Å². The van der Waals surface area contributed by atoms with Crippen LogP contribution in [0.15, 0.2) is 0 Å². The molecule has 0 bridgehead atoms. The van der Waals surface area contributed by atoms with Gasteiger partial charge in [-0.2, -0.15) is 0 Å². The second-order valence-corrected chi connectivity index (χ2v) is 21.3. The van der Waals surface area contributed by atoms with Gasteiger partial charge in [-0.25, -0.2) is 0 Å². The van der Waals surface area contributed by atoms with Gasteiger partial charge in [-0.05, 0) is 105 Å². The molecular weight excluding hydrogens is 841 g/mol. The van der Waals surface area contributed by atoms with Crippen LogP contribution < -0.4 is 28.4 Å². The normalized spacial score (nSPS) is 13.8. The average Bonchev–Trinajstić information content (AvgIpc) is 3.32. The molecule has 0 aliphatic heterocycles. The van der Waals surface area contributed by atoms with Crippen LogP contribution in [0.3, 0.4) is 0 Å². The Morgan fingerprint density at radius 3 is 0.618 bits per heavy atom. The maximum atomic E-state index is 7.24. The highest BCUT2D eigenvalue weighted by Gasteiger charge is 2.36. The molecule has 402 valence electrons. The zero-order chi connectivity index (χ0) is 49.9. The van der Waals surface area contributed by atoms with Crippen LogP contribution >= 0.6 is 0 Å². The highest BCUT2D eigenvalue weighted by Crippen LogP contribution is 2.60. The second-order valence-electron chi connectivity index (χ2n) is 21.3.